The van der Waals surface area contributed by atoms with Gasteiger partial charge in [0, 0.05) is 12.5 Å². The van der Waals surface area contributed by atoms with Gasteiger partial charge in [0.25, 0.3) is 0 Å². The van der Waals surface area contributed by atoms with Gasteiger partial charge in [-0.15, -0.1) is 0 Å². The van der Waals surface area contributed by atoms with Crippen LogP contribution in [0.15, 0.2) is 73.1 Å². The molecule has 3 nitrogen and oxygen atoms in total. The minimum Gasteiger partial charge on any atom is -0.473 e. The van der Waals surface area contributed by atoms with E-state index in [2.05, 4.69) is 22.1 Å². The fourth-order valence-electron chi connectivity index (χ4n) is 2.09. The van der Waals surface area contributed by atoms with Crippen LogP contribution in [0.3, 0.4) is 0 Å². The van der Waals surface area contributed by atoms with Crippen molar-refractivity contribution in [1.82, 2.24) is 9.97 Å². The van der Waals surface area contributed by atoms with Gasteiger partial charge in [-0.3, -0.25) is 0 Å². The highest BCUT2D eigenvalue weighted by Crippen LogP contribution is 2.13. The molecule has 0 bridgehead atoms. The van der Waals surface area contributed by atoms with Crippen molar-refractivity contribution in [2.45, 2.75) is 13.0 Å². The molecule has 3 rings (SSSR count). The van der Waals surface area contributed by atoms with Crippen molar-refractivity contribution in [2.75, 3.05) is 0 Å². The van der Waals surface area contributed by atoms with Crippen molar-refractivity contribution >= 4 is 0 Å². The Kier molecular flexibility index (Phi) is 4.22. The van der Waals surface area contributed by atoms with Crippen LogP contribution >= 0.6 is 0 Å². The van der Waals surface area contributed by atoms with Gasteiger partial charge in [0.05, 0.1) is 5.69 Å². The summed E-state index contributed by atoms with van der Waals surface area (Å²) in [6.07, 6.45) is 2.34. The summed E-state index contributed by atoms with van der Waals surface area (Å²) in [5.41, 5.74) is 3.31. The minimum atomic E-state index is 0.516. The Bertz CT molecular complexity index is 684. The molecule has 0 radical (unpaired) electrons. The van der Waals surface area contributed by atoms with Gasteiger partial charge in [0.2, 0.25) is 5.88 Å². The first-order valence-electron chi connectivity index (χ1n) is 6.92. The zero-order chi connectivity index (χ0) is 14.3. The van der Waals surface area contributed by atoms with Crippen molar-refractivity contribution in [3.05, 3.63) is 89.9 Å². The van der Waals surface area contributed by atoms with E-state index in [1.54, 1.807) is 6.33 Å². The van der Waals surface area contributed by atoms with E-state index in [0.29, 0.717) is 12.5 Å². The van der Waals surface area contributed by atoms with Crippen LogP contribution in [0.5, 0.6) is 5.88 Å². The molecule has 104 valence electrons. The van der Waals surface area contributed by atoms with Crippen molar-refractivity contribution in [2.24, 2.45) is 0 Å². The van der Waals surface area contributed by atoms with Crippen molar-refractivity contribution < 1.29 is 4.74 Å². The third-order valence-electron chi connectivity index (χ3n) is 3.16. The van der Waals surface area contributed by atoms with Crippen LogP contribution in [0, 0.1) is 0 Å². The molecule has 0 fully saturated rings. The summed E-state index contributed by atoms with van der Waals surface area (Å²) >= 11 is 0. The van der Waals surface area contributed by atoms with E-state index in [0.717, 1.165) is 17.7 Å². The molecular formula is C18H16N2O. The van der Waals surface area contributed by atoms with Crippen LogP contribution < -0.4 is 4.74 Å². The van der Waals surface area contributed by atoms with Crippen molar-refractivity contribution in [1.29, 1.82) is 0 Å². The third-order valence-corrected chi connectivity index (χ3v) is 3.16. The number of hydrogen-bond donors (Lipinski definition) is 0. The summed E-state index contributed by atoms with van der Waals surface area (Å²) in [7, 11) is 0. The number of ether oxygens (including phenoxy) is 1. The minimum absolute atomic E-state index is 0.516. The molecular weight excluding hydrogens is 260 g/mol. The Morgan fingerprint density at radius 1 is 0.762 bits per heavy atom. The summed E-state index contributed by atoms with van der Waals surface area (Å²) in [6.45, 7) is 0.516. The normalized spacial score (nSPS) is 10.3. The maximum Gasteiger partial charge on any atom is 0.216 e. The zero-order valence-electron chi connectivity index (χ0n) is 11.6. The lowest BCUT2D eigenvalue weighted by molar-refractivity contribution is 0.293. The summed E-state index contributed by atoms with van der Waals surface area (Å²) in [5, 5.41) is 0. The number of benzene rings is 2. The van der Waals surface area contributed by atoms with Crippen LogP contribution in [0.2, 0.25) is 0 Å². The second-order valence-electron chi connectivity index (χ2n) is 4.78. The number of nitrogens with zero attached hydrogens (tertiary/aromatic N) is 2. The Morgan fingerprint density at radius 3 is 2.14 bits per heavy atom. The van der Waals surface area contributed by atoms with Gasteiger partial charge in [-0.1, -0.05) is 60.7 Å². The number of rotatable bonds is 5. The first kappa shape index (κ1) is 13.3. The highest BCUT2D eigenvalue weighted by molar-refractivity contribution is 5.24. The summed E-state index contributed by atoms with van der Waals surface area (Å²) in [6, 6.07) is 22.2. The third kappa shape index (κ3) is 3.89. The van der Waals surface area contributed by atoms with Crippen LogP contribution in [-0.2, 0) is 13.0 Å². The predicted molar refractivity (Wildman–Crippen MR) is 82.1 cm³/mol. The van der Waals surface area contributed by atoms with Crippen LogP contribution in [-0.4, -0.2) is 9.97 Å². The van der Waals surface area contributed by atoms with Gasteiger partial charge in [0.15, 0.2) is 0 Å². The maximum absolute atomic E-state index is 5.72. The lowest BCUT2D eigenvalue weighted by atomic mass is 10.1. The summed E-state index contributed by atoms with van der Waals surface area (Å²) < 4.78 is 5.72. The van der Waals surface area contributed by atoms with Gasteiger partial charge in [0.1, 0.15) is 12.9 Å². The maximum atomic E-state index is 5.72. The van der Waals surface area contributed by atoms with Gasteiger partial charge < -0.3 is 4.74 Å². The Hall–Kier alpha value is -2.68. The van der Waals surface area contributed by atoms with Crippen molar-refractivity contribution in [3.63, 3.8) is 0 Å². The van der Waals surface area contributed by atoms with E-state index in [4.69, 9.17) is 4.74 Å². The Labute approximate surface area is 124 Å². The average Bonchev–Trinajstić information content (AvgIpc) is 2.55. The highest BCUT2D eigenvalue weighted by atomic mass is 16.5. The van der Waals surface area contributed by atoms with E-state index in [1.165, 1.54) is 5.56 Å². The molecule has 0 unspecified atom stereocenters. The standard InChI is InChI=1S/C18H16N2O/c1-3-7-15(8-4-1)11-17-12-18(20-14-19-17)21-13-16-9-5-2-6-10-16/h1-10,12,14H,11,13H2. The summed E-state index contributed by atoms with van der Waals surface area (Å²) in [5.74, 6) is 0.611. The van der Waals surface area contributed by atoms with E-state index in [1.807, 2.05) is 54.6 Å². The quantitative estimate of drug-likeness (QED) is 0.713. The highest BCUT2D eigenvalue weighted by Gasteiger charge is 2.02. The monoisotopic (exact) mass is 276 g/mol. The van der Waals surface area contributed by atoms with E-state index < -0.39 is 0 Å². The van der Waals surface area contributed by atoms with E-state index in [9.17, 15) is 0 Å². The predicted octanol–water partition coefficient (Wildman–Crippen LogP) is 3.65. The molecule has 3 heteroatoms. The largest absolute Gasteiger partial charge is 0.473 e. The smallest absolute Gasteiger partial charge is 0.216 e. The second kappa shape index (κ2) is 6.66. The first-order chi connectivity index (χ1) is 10.4. The molecule has 0 N–H and O–H groups in total. The van der Waals surface area contributed by atoms with E-state index in [-0.39, 0.29) is 0 Å². The van der Waals surface area contributed by atoms with Crippen molar-refractivity contribution in [3.8, 4) is 5.88 Å². The average molecular weight is 276 g/mol. The molecule has 1 aromatic heterocycles. The molecule has 0 aliphatic heterocycles. The summed E-state index contributed by atoms with van der Waals surface area (Å²) in [4.78, 5) is 8.46. The fourth-order valence-corrected chi connectivity index (χ4v) is 2.09. The molecule has 0 amide bonds. The lowest BCUT2D eigenvalue weighted by Crippen LogP contribution is -2.00. The SMILES string of the molecule is c1ccc(COc2cc(Cc3ccccc3)ncn2)cc1. The molecule has 3 aromatic rings. The second-order valence-corrected chi connectivity index (χ2v) is 4.78. The van der Waals surface area contributed by atoms with Crippen LogP contribution in [0.1, 0.15) is 16.8 Å². The molecule has 1 heterocycles. The first-order valence-corrected chi connectivity index (χ1v) is 6.92. The van der Waals surface area contributed by atoms with Crippen LogP contribution in [0.25, 0.3) is 0 Å². The Balaban J connectivity index is 1.66. The molecule has 0 saturated carbocycles. The molecule has 0 aliphatic carbocycles. The Morgan fingerprint density at radius 2 is 1.43 bits per heavy atom. The number of aromatic nitrogens is 2. The van der Waals surface area contributed by atoms with Gasteiger partial charge in [-0.25, -0.2) is 9.97 Å². The topological polar surface area (TPSA) is 35.0 Å². The molecule has 21 heavy (non-hydrogen) atoms. The zero-order valence-corrected chi connectivity index (χ0v) is 11.6. The molecule has 0 saturated heterocycles. The number of hydrogen-bond acceptors (Lipinski definition) is 3. The van der Waals surface area contributed by atoms with Gasteiger partial charge in [-0.2, -0.15) is 0 Å². The van der Waals surface area contributed by atoms with Gasteiger partial charge >= 0.3 is 0 Å². The molecule has 0 atom stereocenters. The van der Waals surface area contributed by atoms with E-state index >= 15 is 0 Å². The fraction of sp³-hybridized carbons (Fsp3) is 0.111. The molecule has 2 aromatic carbocycles. The lowest BCUT2D eigenvalue weighted by Gasteiger charge is -2.06. The van der Waals surface area contributed by atoms with Crippen LogP contribution in [0.4, 0.5) is 0 Å². The van der Waals surface area contributed by atoms with Gasteiger partial charge in [-0.05, 0) is 11.1 Å². The molecule has 0 aliphatic rings. The molecule has 0 spiro atoms.